The van der Waals surface area contributed by atoms with Gasteiger partial charge in [0, 0.05) is 6.04 Å². The van der Waals surface area contributed by atoms with Gasteiger partial charge in [0.25, 0.3) is 5.91 Å². The van der Waals surface area contributed by atoms with Crippen LogP contribution in [0.5, 0.6) is 0 Å². The van der Waals surface area contributed by atoms with Gasteiger partial charge >= 0.3 is 0 Å². The third-order valence-electron chi connectivity index (χ3n) is 4.53. The summed E-state index contributed by atoms with van der Waals surface area (Å²) in [7, 11) is 0. The normalized spacial score (nSPS) is 33.8. The minimum atomic E-state index is -1.01. The van der Waals surface area contributed by atoms with Crippen LogP contribution in [0.1, 0.15) is 40.0 Å². The Bertz CT molecular complexity index is 447. The van der Waals surface area contributed by atoms with Crippen molar-refractivity contribution >= 4 is 17.7 Å². The third kappa shape index (κ3) is 2.57. The molecular weight excluding hydrogens is 258 g/mol. The number of imide groups is 1. The van der Waals surface area contributed by atoms with Gasteiger partial charge in [-0.3, -0.25) is 19.7 Å². The first-order valence-corrected chi connectivity index (χ1v) is 7.15. The van der Waals surface area contributed by atoms with E-state index in [1.807, 2.05) is 0 Å². The predicted octanol–water partition coefficient (Wildman–Crippen LogP) is 0.0135. The first-order chi connectivity index (χ1) is 9.23. The van der Waals surface area contributed by atoms with E-state index < -0.39 is 17.4 Å². The standard InChI is InChI=1S/C14H23N3O3/c1-8-4-5-10(15)9(6-8)12(19)17-7-11(18)16-13(20)14(17,2)3/h8-10H,4-7,15H2,1-3H3,(H,16,18,20). The zero-order valence-electron chi connectivity index (χ0n) is 12.3. The van der Waals surface area contributed by atoms with E-state index in [0.29, 0.717) is 5.92 Å². The molecule has 0 aromatic carbocycles. The average molecular weight is 281 g/mol. The highest BCUT2D eigenvalue weighted by molar-refractivity contribution is 6.06. The summed E-state index contributed by atoms with van der Waals surface area (Å²) in [6.07, 6.45) is 2.56. The number of piperazine rings is 1. The van der Waals surface area contributed by atoms with Crippen molar-refractivity contribution in [3.63, 3.8) is 0 Å². The van der Waals surface area contributed by atoms with Gasteiger partial charge in [0.1, 0.15) is 12.1 Å². The van der Waals surface area contributed by atoms with Crippen LogP contribution in [0.25, 0.3) is 0 Å². The van der Waals surface area contributed by atoms with E-state index in [-0.39, 0.29) is 24.4 Å². The molecule has 0 bridgehead atoms. The average Bonchev–Trinajstić information content (AvgIpc) is 2.36. The summed E-state index contributed by atoms with van der Waals surface area (Å²) in [5, 5.41) is 2.27. The van der Waals surface area contributed by atoms with Crippen molar-refractivity contribution in [1.29, 1.82) is 0 Å². The zero-order chi connectivity index (χ0) is 15.1. The van der Waals surface area contributed by atoms with E-state index in [1.165, 1.54) is 4.90 Å². The van der Waals surface area contributed by atoms with E-state index in [0.717, 1.165) is 19.3 Å². The molecule has 2 rings (SSSR count). The van der Waals surface area contributed by atoms with E-state index >= 15 is 0 Å². The smallest absolute Gasteiger partial charge is 0.252 e. The number of rotatable bonds is 1. The second-order valence-electron chi connectivity index (χ2n) is 6.55. The van der Waals surface area contributed by atoms with Crippen molar-refractivity contribution < 1.29 is 14.4 Å². The highest BCUT2D eigenvalue weighted by Crippen LogP contribution is 2.31. The molecule has 3 atom stereocenters. The van der Waals surface area contributed by atoms with Gasteiger partial charge in [0.15, 0.2) is 0 Å². The van der Waals surface area contributed by atoms with Crippen LogP contribution in [0, 0.1) is 11.8 Å². The molecule has 6 heteroatoms. The highest BCUT2D eigenvalue weighted by atomic mass is 16.2. The molecule has 0 radical (unpaired) electrons. The van der Waals surface area contributed by atoms with Crippen molar-refractivity contribution in [2.75, 3.05) is 6.54 Å². The molecule has 1 aliphatic carbocycles. The lowest BCUT2D eigenvalue weighted by molar-refractivity contribution is -0.158. The Labute approximate surface area is 119 Å². The predicted molar refractivity (Wildman–Crippen MR) is 73.4 cm³/mol. The van der Waals surface area contributed by atoms with E-state index in [1.54, 1.807) is 13.8 Å². The van der Waals surface area contributed by atoms with Crippen molar-refractivity contribution in [3.05, 3.63) is 0 Å². The number of hydrogen-bond donors (Lipinski definition) is 2. The highest BCUT2D eigenvalue weighted by Gasteiger charge is 2.46. The Hall–Kier alpha value is -1.43. The van der Waals surface area contributed by atoms with Crippen LogP contribution in [0.15, 0.2) is 0 Å². The van der Waals surface area contributed by atoms with Crippen molar-refractivity contribution in [1.82, 2.24) is 10.2 Å². The number of nitrogens with zero attached hydrogens (tertiary/aromatic N) is 1. The molecule has 1 heterocycles. The minimum Gasteiger partial charge on any atom is -0.327 e. The van der Waals surface area contributed by atoms with Gasteiger partial charge in [-0.15, -0.1) is 0 Å². The van der Waals surface area contributed by atoms with Gasteiger partial charge in [0.2, 0.25) is 11.8 Å². The number of carbonyl (C=O) groups excluding carboxylic acids is 3. The third-order valence-corrected chi connectivity index (χ3v) is 4.53. The van der Waals surface area contributed by atoms with Gasteiger partial charge < -0.3 is 10.6 Å². The molecule has 20 heavy (non-hydrogen) atoms. The molecule has 1 aliphatic heterocycles. The lowest BCUT2D eigenvalue weighted by atomic mass is 9.77. The molecule has 3 amide bonds. The summed E-state index contributed by atoms with van der Waals surface area (Å²) in [6, 6.07) is -0.186. The lowest BCUT2D eigenvalue weighted by Crippen LogP contribution is -2.67. The molecule has 6 nitrogen and oxygen atoms in total. The molecule has 0 aromatic rings. The fourth-order valence-electron chi connectivity index (χ4n) is 3.02. The molecule has 112 valence electrons. The van der Waals surface area contributed by atoms with Crippen LogP contribution >= 0.6 is 0 Å². The summed E-state index contributed by atoms with van der Waals surface area (Å²) in [5.74, 6) is -0.880. The maximum atomic E-state index is 12.7. The molecule has 0 aromatic heterocycles. The molecule has 1 saturated carbocycles. The van der Waals surface area contributed by atoms with Crippen molar-refractivity contribution in [2.24, 2.45) is 17.6 Å². The van der Waals surface area contributed by atoms with Crippen LogP contribution in [0.4, 0.5) is 0 Å². The number of nitrogens with two attached hydrogens (primary N) is 1. The van der Waals surface area contributed by atoms with Gasteiger partial charge in [-0.25, -0.2) is 0 Å². The molecular formula is C14H23N3O3. The first kappa shape index (κ1) is 15.0. The molecule has 3 unspecified atom stereocenters. The number of hydrogen-bond acceptors (Lipinski definition) is 4. The summed E-state index contributed by atoms with van der Waals surface area (Å²) in [5.41, 5.74) is 5.07. The summed E-state index contributed by atoms with van der Waals surface area (Å²) in [6.45, 7) is 5.34. The Morgan fingerprint density at radius 3 is 2.65 bits per heavy atom. The zero-order valence-corrected chi connectivity index (χ0v) is 12.3. The monoisotopic (exact) mass is 281 g/mol. The summed E-state index contributed by atoms with van der Waals surface area (Å²) in [4.78, 5) is 37.6. The molecule has 2 fully saturated rings. The second kappa shape index (κ2) is 5.16. The number of carbonyl (C=O) groups is 3. The molecule has 3 N–H and O–H groups in total. The van der Waals surface area contributed by atoms with Crippen LogP contribution in [0.2, 0.25) is 0 Å². The van der Waals surface area contributed by atoms with Crippen molar-refractivity contribution in [2.45, 2.75) is 51.6 Å². The van der Waals surface area contributed by atoms with Crippen molar-refractivity contribution in [3.8, 4) is 0 Å². The van der Waals surface area contributed by atoms with Gasteiger partial charge in [-0.1, -0.05) is 6.92 Å². The first-order valence-electron chi connectivity index (χ1n) is 7.15. The largest absolute Gasteiger partial charge is 0.327 e. The second-order valence-corrected chi connectivity index (χ2v) is 6.55. The SMILES string of the molecule is CC1CCC(N)C(C(=O)N2CC(=O)NC(=O)C2(C)C)C1. The quantitative estimate of drug-likeness (QED) is 0.662. The maximum absolute atomic E-state index is 12.7. The Kier molecular flexibility index (Phi) is 3.86. The van der Waals surface area contributed by atoms with Crippen LogP contribution in [-0.4, -0.2) is 40.7 Å². The Morgan fingerprint density at radius 2 is 2.00 bits per heavy atom. The van der Waals surface area contributed by atoms with Gasteiger partial charge in [0.05, 0.1) is 5.92 Å². The van der Waals surface area contributed by atoms with E-state index in [9.17, 15) is 14.4 Å². The Morgan fingerprint density at radius 1 is 1.35 bits per heavy atom. The molecule has 2 aliphatic rings. The lowest BCUT2D eigenvalue weighted by Gasteiger charge is -2.43. The topological polar surface area (TPSA) is 92.5 Å². The fraction of sp³-hybridized carbons (Fsp3) is 0.786. The Balaban J connectivity index is 2.22. The number of nitrogens with one attached hydrogen (secondary N) is 1. The summed E-state index contributed by atoms with van der Waals surface area (Å²) < 4.78 is 0. The van der Waals surface area contributed by atoms with E-state index in [4.69, 9.17) is 5.73 Å². The maximum Gasteiger partial charge on any atom is 0.252 e. The number of amides is 3. The van der Waals surface area contributed by atoms with E-state index in [2.05, 4.69) is 12.2 Å². The van der Waals surface area contributed by atoms with Crippen LogP contribution < -0.4 is 11.1 Å². The summed E-state index contributed by atoms with van der Waals surface area (Å²) >= 11 is 0. The van der Waals surface area contributed by atoms with Gasteiger partial charge in [-0.05, 0) is 39.0 Å². The fourth-order valence-corrected chi connectivity index (χ4v) is 3.02. The van der Waals surface area contributed by atoms with Gasteiger partial charge in [-0.2, -0.15) is 0 Å². The molecule has 0 spiro atoms. The minimum absolute atomic E-state index is 0.0742. The molecule has 1 saturated heterocycles. The van der Waals surface area contributed by atoms with Crippen LogP contribution in [-0.2, 0) is 14.4 Å². The van der Waals surface area contributed by atoms with Crippen LogP contribution in [0.3, 0.4) is 0 Å².